The van der Waals surface area contributed by atoms with Crippen LogP contribution in [0.5, 0.6) is 17.2 Å². The molecule has 9 heteroatoms. The van der Waals surface area contributed by atoms with Gasteiger partial charge in [0.2, 0.25) is 15.9 Å². The largest absolute Gasteiger partial charge is 0.506 e. The van der Waals surface area contributed by atoms with Crippen molar-refractivity contribution in [1.82, 2.24) is 4.31 Å². The monoisotopic (exact) mass is 434 g/mol. The Hall–Kier alpha value is -3.04. The zero-order valence-corrected chi connectivity index (χ0v) is 18.2. The molecule has 2 aromatic carbocycles. The van der Waals surface area contributed by atoms with Crippen molar-refractivity contribution in [2.24, 2.45) is 0 Å². The number of amides is 1. The molecule has 0 aliphatic heterocycles. The van der Waals surface area contributed by atoms with Crippen molar-refractivity contribution >= 4 is 27.7 Å². The van der Waals surface area contributed by atoms with Crippen molar-refractivity contribution < 1.29 is 27.8 Å². The van der Waals surface area contributed by atoms with E-state index in [1.165, 1.54) is 42.8 Å². The number of phenols is 1. The van der Waals surface area contributed by atoms with Crippen molar-refractivity contribution in [1.29, 1.82) is 0 Å². The normalized spacial score (nSPS) is 11.6. The lowest BCUT2D eigenvalue weighted by atomic mass is 10.2. The maximum absolute atomic E-state index is 12.7. The molecule has 0 atom stereocenters. The van der Waals surface area contributed by atoms with Gasteiger partial charge in [0, 0.05) is 19.2 Å². The molecule has 0 bridgehead atoms. The smallest absolute Gasteiger partial charge is 0.248 e. The van der Waals surface area contributed by atoms with E-state index in [0.29, 0.717) is 30.2 Å². The molecule has 0 unspecified atom stereocenters. The van der Waals surface area contributed by atoms with Gasteiger partial charge in [0.25, 0.3) is 0 Å². The lowest BCUT2D eigenvalue weighted by Crippen LogP contribution is -2.30. The summed E-state index contributed by atoms with van der Waals surface area (Å²) in [6.45, 7) is 4.11. The maximum Gasteiger partial charge on any atom is 0.248 e. The lowest BCUT2D eigenvalue weighted by Gasteiger charge is -2.19. The highest BCUT2D eigenvalue weighted by Crippen LogP contribution is 2.29. The number of phenolic OH excluding ortho intramolecular Hbond substituents is 1. The zero-order valence-electron chi connectivity index (χ0n) is 17.4. The summed E-state index contributed by atoms with van der Waals surface area (Å²) in [5, 5.41) is 12.5. The Morgan fingerprint density at radius 1 is 1.07 bits per heavy atom. The molecule has 8 nitrogen and oxygen atoms in total. The number of carbonyl (C=O) groups excluding carboxylic acids is 1. The van der Waals surface area contributed by atoms with E-state index < -0.39 is 15.9 Å². The Balaban J connectivity index is 2.22. The third-order valence-corrected chi connectivity index (χ3v) is 6.45. The summed E-state index contributed by atoms with van der Waals surface area (Å²) in [7, 11) is -0.675. The van der Waals surface area contributed by atoms with Gasteiger partial charge in [-0.2, -0.15) is 4.31 Å². The molecule has 2 N–H and O–H groups in total. The van der Waals surface area contributed by atoms with Crippen LogP contribution >= 0.6 is 0 Å². The number of nitrogens with zero attached hydrogens (tertiary/aromatic N) is 1. The molecular weight excluding hydrogens is 408 g/mol. The van der Waals surface area contributed by atoms with Gasteiger partial charge in [0.05, 0.1) is 24.8 Å². The number of methoxy groups -OCH3 is 2. The van der Waals surface area contributed by atoms with Crippen LogP contribution in [-0.4, -0.2) is 51.0 Å². The highest BCUT2D eigenvalue weighted by molar-refractivity contribution is 7.89. The number of rotatable bonds is 9. The minimum absolute atomic E-state index is 0.00481. The second-order valence-corrected chi connectivity index (χ2v) is 8.14. The van der Waals surface area contributed by atoms with Crippen molar-refractivity contribution in [3.8, 4) is 17.2 Å². The Morgan fingerprint density at radius 2 is 1.73 bits per heavy atom. The van der Waals surface area contributed by atoms with Crippen molar-refractivity contribution in [3.63, 3.8) is 0 Å². The summed E-state index contributed by atoms with van der Waals surface area (Å²) in [4.78, 5) is 12.3. The van der Waals surface area contributed by atoms with E-state index in [0.717, 1.165) is 0 Å². The van der Waals surface area contributed by atoms with E-state index in [1.807, 2.05) is 0 Å². The molecule has 0 saturated carbocycles. The number of aromatic hydroxyl groups is 1. The summed E-state index contributed by atoms with van der Waals surface area (Å²) in [6, 6.07) is 8.95. The van der Waals surface area contributed by atoms with Crippen LogP contribution in [0.4, 0.5) is 5.69 Å². The summed E-state index contributed by atoms with van der Waals surface area (Å²) in [5.41, 5.74) is 0.704. The summed E-state index contributed by atoms with van der Waals surface area (Å²) >= 11 is 0. The van der Waals surface area contributed by atoms with Gasteiger partial charge in [-0.25, -0.2) is 8.42 Å². The zero-order chi connectivity index (χ0) is 22.3. The third-order valence-electron chi connectivity index (χ3n) is 4.40. The Morgan fingerprint density at radius 3 is 2.33 bits per heavy atom. The molecule has 2 aromatic rings. The fourth-order valence-electron chi connectivity index (χ4n) is 2.79. The number of carbonyl (C=O) groups is 1. The van der Waals surface area contributed by atoms with Gasteiger partial charge >= 0.3 is 0 Å². The molecule has 0 heterocycles. The third kappa shape index (κ3) is 5.31. The fraction of sp³-hybridized carbons (Fsp3) is 0.286. The van der Waals surface area contributed by atoms with Crippen molar-refractivity contribution in [2.45, 2.75) is 18.7 Å². The standard InChI is InChI=1S/C21H26N2O6S/c1-5-23(6-2)30(26,27)16-9-10-18(24)17(14-16)22-21(25)12-8-15-7-11-19(28-3)20(13-15)29-4/h7-14,24H,5-6H2,1-4H3,(H,22,25). The number of ether oxygens (including phenoxy) is 2. The van der Waals surface area contributed by atoms with Crippen LogP contribution in [0.2, 0.25) is 0 Å². The van der Waals surface area contributed by atoms with E-state index in [1.54, 1.807) is 38.1 Å². The molecular formula is C21H26N2O6S. The minimum atomic E-state index is -3.72. The number of nitrogens with one attached hydrogen (secondary N) is 1. The number of benzene rings is 2. The Bertz CT molecular complexity index is 1030. The van der Waals surface area contributed by atoms with E-state index >= 15 is 0 Å². The van der Waals surface area contributed by atoms with Crippen LogP contribution < -0.4 is 14.8 Å². The van der Waals surface area contributed by atoms with Gasteiger partial charge in [0.1, 0.15) is 5.75 Å². The van der Waals surface area contributed by atoms with Gasteiger partial charge in [-0.15, -0.1) is 0 Å². The van der Waals surface area contributed by atoms with Crippen LogP contribution in [0.1, 0.15) is 19.4 Å². The molecule has 0 aromatic heterocycles. The average molecular weight is 435 g/mol. The Labute approximate surface area is 176 Å². The second-order valence-electron chi connectivity index (χ2n) is 6.21. The lowest BCUT2D eigenvalue weighted by molar-refractivity contribution is -0.111. The molecule has 0 radical (unpaired) electrons. The first kappa shape index (κ1) is 23.2. The maximum atomic E-state index is 12.7. The molecule has 0 aliphatic carbocycles. The molecule has 1 amide bonds. The van der Waals surface area contributed by atoms with E-state index in [4.69, 9.17) is 9.47 Å². The first-order valence-electron chi connectivity index (χ1n) is 9.31. The molecule has 0 fully saturated rings. The number of hydrogen-bond acceptors (Lipinski definition) is 6. The predicted octanol–water partition coefficient (Wildman–Crippen LogP) is 3.09. The molecule has 0 aliphatic rings. The van der Waals surface area contributed by atoms with Crippen LogP contribution in [0.15, 0.2) is 47.4 Å². The first-order chi connectivity index (χ1) is 14.3. The van der Waals surface area contributed by atoms with Crippen LogP contribution in [-0.2, 0) is 14.8 Å². The van der Waals surface area contributed by atoms with Crippen LogP contribution in [0.25, 0.3) is 6.08 Å². The van der Waals surface area contributed by atoms with E-state index in [9.17, 15) is 18.3 Å². The summed E-state index contributed by atoms with van der Waals surface area (Å²) < 4.78 is 37.0. The minimum Gasteiger partial charge on any atom is -0.506 e. The fourth-order valence-corrected chi connectivity index (χ4v) is 4.28. The Kier molecular flexibility index (Phi) is 7.85. The van der Waals surface area contributed by atoms with Crippen LogP contribution in [0.3, 0.4) is 0 Å². The van der Waals surface area contributed by atoms with Crippen LogP contribution in [0, 0.1) is 0 Å². The average Bonchev–Trinajstić information content (AvgIpc) is 2.74. The topological polar surface area (TPSA) is 105 Å². The van der Waals surface area contributed by atoms with Gasteiger partial charge in [-0.1, -0.05) is 19.9 Å². The van der Waals surface area contributed by atoms with Crippen molar-refractivity contribution in [3.05, 3.63) is 48.0 Å². The second kappa shape index (κ2) is 10.1. The first-order valence-corrected chi connectivity index (χ1v) is 10.7. The number of hydrogen-bond donors (Lipinski definition) is 2. The van der Waals surface area contributed by atoms with Gasteiger partial charge < -0.3 is 19.9 Å². The highest BCUT2D eigenvalue weighted by Gasteiger charge is 2.22. The number of sulfonamides is 1. The quantitative estimate of drug-likeness (QED) is 0.464. The predicted molar refractivity (Wildman–Crippen MR) is 115 cm³/mol. The summed E-state index contributed by atoms with van der Waals surface area (Å²) in [6.07, 6.45) is 2.83. The molecule has 2 rings (SSSR count). The van der Waals surface area contributed by atoms with Gasteiger partial charge in [-0.3, -0.25) is 4.79 Å². The van der Waals surface area contributed by atoms with Gasteiger partial charge in [0.15, 0.2) is 11.5 Å². The number of anilines is 1. The van der Waals surface area contributed by atoms with E-state index in [-0.39, 0.29) is 16.3 Å². The molecule has 162 valence electrons. The van der Waals surface area contributed by atoms with E-state index in [2.05, 4.69) is 5.32 Å². The SMILES string of the molecule is CCN(CC)S(=O)(=O)c1ccc(O)c(NC(=O)C=Cc2ccc(OC)c(OC)c2)c1. The molecule has 0 saturated heterocycles. The molecule has 0 spiro atoms. The molecule has 30 heavy (non-hydrogen) atoms. The van der Waals surface area contributed by atoms with Gasteiger partial charge in [-0.05, 0) is 42.0 Å². The summed E-state index contributed by atoms with van der Waals surface area (Å²) in [5.74, 6) is 0.320. The highest BCUT2D eigenvalue weighted by atomic mass is 32.2. The van der Waals surface area contributed by atoms with Crippen molar-refractivity contribution in [2.75, 3.05) is 32.6 Å².